The minimum atomic E-state index is -0.317. The van der Waals surface area contributed by atoms with Gasteiger partial charge in [-0.25, -0.2) is 0 Å². The van der Waals surface area contributed by atoms with E-state index >= 15 is 0 Å². The van der Waals surface area contributed by atoms with Gasteiger partial charge in [-0.2, -0.15) is 0 Å². The fourth-order valence-electron chi connectivity index (χ4n) is 2.91. The zero-order valence-corrected chi connectivity index (χ0v) is 15.6. The molecular formula is C19H29NO4. The van der Waals surface area contributed by atoms with Crippen LogP contribution in [0.15, 0.2) is 18.2 Å². The molecule has 5 nitrogen and oxygen atoms in total. The second-order valence-corrected chi connectivity index (χ2v) is 7.72. The summed E-state index contributed by atoms with van der Waals surface area (Å²) < 4.78 is 11.0. The lowest BCUT2D eigenvalue weighted by molar-refractivity contribution is -0.125. The Balaban J connectivity index is 2.68. The lowest BCUT2D eigenvalue weighted by Gasteiger charge is -2.33. The molecule has 0 atom stereocenters. The number of nitrogens with one attached hydrogen (secondary N) is 1. The van der Waals surface area contributed by atoms with Gasteiger partial charge in [0.25, 0.3) is 5.91 Å². The van der Waals surface area contributed by atoms with Gasteiger partial charge in [0.2, 0.25) is 0 Å². The average Bonchev–Trinajstić information content (AvgIpc) is 2.42. The van der Waals surface area contributed by atoms with Crippen molar-refractivity contribution in [3.05, 3.63) is 23.8 Å². The summed E-state index contributed by atoms with van der Waals surface area (Å²) in [6, 6.07) is 4.88. The molecule has 0 aliphatic heterocycles. The van der Waals surface area contributed by atoms with E-state index in [4.69, 9.17) is 9.47 Å². The van der Waals surface area contributed by atoms with Gasteiger partial charge in [0.1, 0.15) is 6.29 Å². The van der Waals surface area contributed by atoms with Crippen LogP contribution >= 0.6 is 0 Å². The Hall–Kier alpha value is -2.04. The highest BCUT2D eigenvalue weighted by molar-refractivity contribution is 5.79. The van der Waals surface area contributed by atoms with E-state index in [0.29, 0.717) is 23.7 Å². The van der Waals surface area contributed by atoms with Crippen molar-refractivity contribution in [1.82, 2.24) is 5.32 Å². The fraction of sp³-hybridized carbons (Fsp3) is 0.579. The van der Waals surface area contributed by atoms with Gasteiger partial charge in [-0.1, -0.05) is 20.8 Å². The van der Waals surface area contributed by atoms with Gasteiger partial charge in [-0.05, 0) is 50.8 Å². The minimum Gasteiger partial charge on any atom is -0.490 e. The molecule has 0 spiro atoms. The van der Waals surface area contributed by atoms with Gasteiger partial charge in [0.15, 0.2) is 18.1 Å². The normalized spacial score (nSPS) is 11.8. The van der Waals surface area contributed by atoms with E-state index < -0.39 is 0 Å². The molecule has 0 heterocycles. The summed E-state index contributed by atoms with van der Waals surface area (Å²) in [6.07, 6.45) is 1.60. The van der Waals surface area contributed by atoms with E-state index in [-0.39, 0.29) is 23.5 Å². The molecule has 1 amide bonds. The third kappa shape index (κ3) is 7.02. The number of carbonyl (C=O) groups excluding carboxylic acids is 2. The summed E-state index contributed by atoms with van der Waals surface area (Å²) in [5.74, 6) is 0.723. The third-order valence-corrected chi connectivity index (χ3v) is 3.21. The molecular weight excluding hydrogens is 306 g/mol. The molecule has 0 saturated carbocycles. The van der Waals surface area contributed by atoms with Crippen LogP contribution in [0.25, 0.3) is 0 Å². The number of aldehydes is 1. The van der Waals surface area contributed by atoms with Crippen molar-refractivity contribution in [1.29, 1.82) is 0 Å². The highest BCUT2D eigenvalue weighted by atomic mass is 16.5. The molecule has 1 N–H and O–H groups in total. The number of hydrogen-bond acceptors (Lipinski definition) is 4. The van der Waals surface area contributed by atoms with Crippen molar-refractivity contribution in [3.63, 3.8) is 0 Å². The largest absolute Gasteiger partial charge is 0.490 e. The van der Waals surface area contributed by atoms with Gasteiger partial charge >= 0.3 is 0 Å². The van der Waals surface area contributed by atoms with Gasteiger partial charge < -0.3 is 14.8 Å². The third-order valence-electron chi connectivity index (χ3n) is 3.21. The number of carbonyl (C=O) groups is 2. The number of rotatable bonds is 8. The van der Waals surface area contributed by atoms with Gasteiger partial charge in [-0.3, -0.25) is 9.59 Å². The molecule has 0 saturated heterocycles. The Labute approximate surface area is 144 Å². The van der Waals surface area contributed by atoms with E-state index in [1.54, 1.807) is 18.2 Å². The highest BCUT2D eigenvalue weighted by Gasteiger charge is 2.27. The molecule has 1 aromatic rings. The zero-order chi connectivity index (χ0) is 18.4. The SMILES string of the molecule is CCOc1cc(C=O)ccc1OCC(=O)NC(C)(C)CC(C)(C)C. The zero-order valence-electron chi connectivity index (χ0n) is 15.6. The molecule has 24 heavy (non-hydrogen) atoms. The molecule has 0 aliphatic rings. The predicted molar refractivity (Wildman–Crippen MR) is 94.8 cm³/mol. The maximum Gasteiger partial charge on any atom is 0.258 e. The van der Waals surface area contributed by atoms with Crippen molar-refractivity contribution in [2.45, 2.75) is 53.5 Å². The first-order chi connectivity index (χ1) is 11.1. The van der Waals surface area contributed by atoms with Crippen LogP contribution in [0.5, 0.6) is 11.5 Å². The van der Waals surface area contributed by atoms with Crippen LogP contribution < -0.4 is 14.8 Å². The topological polar surface area (TPSA) is 64.6 Å². The monoisotopic (exact) mass is 335 g/mol. The minimum absolute atomic E-state index is 0.103. The Morgan fingerprint density at radius 3 is 2.33 bits per heavy atom. The molecule has 1 aromatic carbocycles. The summed E-state index contributed by atoms with van der Waals surface area (Å²) >= 11 is 0. The first kappa shape index (κ1) is 20.0. The standard InChI is InChI=1S/C19H29NO4/c1-7-23-16-10-14(11-21)8-9-15(16)24-12-17(22)20-19(5,6)13-18(2,3)4/h8-11H,7,12-13H2,1-6H3,(H,20,22). The van der Waals surface area contributed by atoms with Gasteiger partial charge in [0, 0.05) is 11.1 Å². The number of benzene rings is 1. The maximum atomic E-state index is 12.2. The van der Waals surface area contributed by atoms with E-state index in [9.17, 15) is 9.59 Å². The van der Waals surface area contributed by atoms with Crippen molar-refractivity contribution < 1.29 is 19.1 Å². The predicted octanol–water partition coefficient (Wildman–Crippen LogP) is 3.61. The van der Waals surface area contributed by atoms with Crippen LogP contribution in [-0.2, 0) is 4.79 Å². The number of ether oxygens (including phenoxy) is 2. The van der Waals surface area contributed by atoms with Gasteiger partial charge in [0.05, 0.1) is 6.61 Å². The highest BCUT2D eigenvalue weighted by Crippen LogP contribution is 2.29. The van der Waals surface area contributed by atoms with Crippen LogP contribution in [0, 0.1) is 5.41 Å². The lowest BCUT2D eigenvalue weighted by atomic mass is 9.82. The average molecular weight is 335 g/mol. The molecule has 0 fully saturated rings. The fourth-order valence-corrected chi connectivity index (χ4v) is 2.91. The van der Waals surface area contributed by atoms with Crippen molar-refractivity contribution in [3.8, 4) is 11.5 Å². The molecule has 1 rings (SSSR count). The van der Waals surface area contributed by atoms with E-state index in [2.05, 4.69) is 26.1 Å². The Kier molecular flexibility index (Phi) is 6.81. The second-order valence-electron chi connectivity index (χ2n) is 7.72. The van der Waals surface area contributed by atoms with E-state index in [1.165, 1.54) is 0 Å². The van der Waals surface area contributed by atoms with Crippen LogP contribution in [0.1, 0.15) is 58.3 Å². The smallest absolute Gasteiger partial charge is 0.258 e. The van der Waals surface area contributed by atoms with Crippen LogP contribution in [-0.4, -0.2) is 30.9 Å². The number of amides is 1. The summed E-state index contributed by atoms with van der Waals surface area (Å²) in [7, 11) is 0. The van der Waals surface area contributed by atoms with Crippen LogP contribution in [0.3, 0.4) is 0 Å². The van der Waals surface area contributed by atoms with Crippen LogP contribution in [0.4, 0.5) is 0 Å². The van der Waals surface area contributed by atoms with Gasteiger partial charge in [-0.15, -0.1) is 0 Å². The molecule has 134 valence electrons. The van der Waals surface area contributed by atoms with Crippen LogP contribution in [0.2, 0.25) is 0 Å². The van der Waals surface area contributed by atoms with E-state index in [0.717, 1.165) is 12.7 Å². The quantitative estimate of drug-likeness (QED) is 0.737. The summed E-state index contributed by atoms with van der Waals surface area (Å²) in [5, 5.41) is 3.00. The lowest BCUT2D eigenvalue weighted by Crippen LogP contribution is -2.47. The maximum absolute atomic E-state index is 12.2. The second kappa shape index (κ2) is 8.18. The van der Waals surface area contributed by atoms with Crippen molar-refractivity contribution in [2.75, 3.05) is 13.2 Å². The Morgan fingerprint density at radius 1 is 1.12 bits per heavy atom. The Bertz CT molecular complexity index is 573. The molecule has 0 bridgehead atoms. The van der Waals surface area contributed by atoms with Crippen molar-refractivity contribution in [2.24, 2.45) is 5.41 Å². The summed E-state index contributed by atoms with van der Waals surface area (Å²) in [4.78, 5) is 23.0. The molecule has 0 unspecified atom stereocenters. The number of hydrogen-bond donors (Lipinski definition) is 1. The first-order valence-corrected chi connectivity index (χ1v) is 8.22. The Morgan fingerprint density at radius 2 is 1.79 bits per heavy atom. The first-order valence-electron chi connectivity index (χ1n) is 8.22. The van der Waals surface area contributed by atoms with Crippen molar-refractivity contribution >= 4 is 12.2 Å². The summed E-state index contributed by atoms with van der Waals surface area (Å²) in [5.41, 5.74) is 0.300. The summed E-state index contributed by atoms with van der Waals surface area (Å²) in [6.45, 7) is 12.6. The molecule has 0 radical (unpaired) electrons. The molecule has 0 aliphatic carbocycles. The molecule has 0 aromatic heterocycles. The van der Waals surface area contributed by atoms with E-state index in [1.807, 2.05) is 20.8 Å². The molecule has 5 heteroatoms.